The van der Waals surface area contributed by atoms with Gasteiger partial charge >= 0.3 is 5.97 Å². The molecule has 1 aromatic heterocycles. The third-order valence-electron chi connectivity index (χ3n) is 2.46. The number of hydrogen-bond acceptors (Lipinski definition) is 5. The van der Waals surface area contributed by atoms with Crippen molar-refractivity contribution in [1.82, 2.24) is 15.1 Å². The lowest BCUT2D eigenvalue weighted by Crippen LogP contribution is -2.33. The van der Waals surface area contributed by atoms with E-state index in [4.69, 9.17) is 5.11 Å². The second-order valence-electron chi connectivity index (χ2n) is 4.31. The zero-order valence-electron chi connectivity index (χ0n) is 10.5. The number of aromatic nitrogens is 2. The number of sulfone groups is 1. The van der Waals surface area contributed by atoms with Gasteiger partial charge in [0.05, 0.1) is 17.6 Å². The number of aromatic carboxylic acids is 1. The molecule has 1 rings (SSSR count). The normalized spacial score (nSPS) is 13.5. The summed E-state index contributed by atoms with van der Waals surface area (Å²) in [4.78, 5) is 10.9. The van der Waals surface area contributed by atoms with Gasteiger partial charge in [0.15, 0.2) is 0 Å². The Kier molecular flexibility index (Phi) is 4.47. The van der Waals surface area contributed by atoms with Crippen LogP contribution in [0.2, 0.25) is 0 Å². The van der Waals surface area contributed by atoms with Crippen LogP contribution in [0.4, 0.5) is 0 Å². The van der Waals surface area contributed by atoms with Gasteiger partial charge in [-0.1, -0.05) is 0 Å². The molecule has 0 saturated carbocycles. The quantitative estimate of drug-likeness (QED) is 0.735. The lowest BCUT2D eigenvalue weighted by Gasteiger charge is -2.13. The molecule has 1 atom stereocenters. The maximum atomic E-state index is 11.1. The molecule has 1 heterocycles. The highest BCUT2D eigenvalue weighted by molar-refractivity contribution is 7.90. The third kappa shape index (κ3) is 4.11. The zero-order valence-corrected chi connectivity index (χ0v) is 11.4. The van der Waals surface area contributed by atoms with Crippen molar-refractivity contribution in [2.75, 3.05) is 12.0 Å². The SMILES string of the molecule is CC(CS(C)(=O)=O)NCc1c(C(=O)O)cnn1C. The summed E-state index contributed by atoms with van der Waals surface area (Å²) in [6.45, 7) is 1.99. The van der Waals surface area contributed by atoms with Crippen LogP contribution in [-0.4, -0.2) is 47.3 Å². The number of carboxylic acid groups (broad SMARTS) is 1. The van der Waals surface area contributed by atoms with Crippen LogP contribution in [0.5, 0.6) is 0 Å². The molecule has 0 aliphatic rings. The minimum Gasteiger partial charge on any atom is -0.478 e. The van der Waals surface area contributed by atoms with E-state index in [9.17, 15) is 13.2 Å². The average molecular weight is 275 g/mol. The molecule has 7 nitrogen and oxygen atoms in total. The molecule has 8 heteroatoms. The summed E-state index contributed by atoms with van der Waals surface area (Å²) in [5.74, 6) is -1.04. The molecular formula is C10H17N3O4S. The van der Waals surface area contributed by atoms with Gasteiger partial charge < -0.3 is 10.4 Å². The van der Waals surface area contributed by atoms with Crippen molar-refractivity contribution < 1.29 is 18.3 Å². The summed E-state index contributed by atoms with van der Waals surface area (Å²) in [7, 11) is -1.41. The van der Waals surface area contributed by atoms with Gasteiger partial charge in [0.25, 0.3) is 0 Å². The Labute approximate surface area is 106 Å². The van der Waals surface area contributed by atoms with Crippen molar-refractivity contribution in [3.05, 3.63) is 17.5 Å². The average Bonchev–Trinajstić information content (AvgIpc) is 2.54. The number of nitrogens with one attached hydrogen (secondary N) is 1. The van der Waals surface area contributed by atoms with Gasteiger partial charge in [0.2, 0.25) is 0 Å². The maximum absolute atomic E-state index is 11.1. The van der Waals surface area contributed by atoms with Gasteiger partial charge in [0.1, 0.15) is 15.4 Å². The van der Waals surface area contributed by atoms with Gasteiger partial charge in [-0.25, -0.2) is 13.2 Å². The van der Waals surface area contributed by atoms with Gasteiger partial charge in [-0.05, 0) is 6.92 Å². The van der Waals surface area contributed by atoms with Crippen LogP contribution in [0, 0.1) is 0 Å². The first-order valence-electron chi connectivity index (χ1n) is 5.36. The Hall–Kier alpha value is -1.41. The molecule has 0 bridgehead atoms. The fraction of sp³-hybridized carbons (Fsp3) is 0.600. The topological polar surface area (TPSA) is 101 Å². The first-order chi connectivity index (χ1) is 8.20. The van der Waals surface area contributed by atoms with E-state index >= 15 is 0 Å². The number of rotatable bonds is 6. The van der Waals surface area contributed by atoms with Crippen LogP contribution in [0.25, 0.3) is 0 Å². The summed E-state index contributed by atoms with van der Waals surface area (Å²) in [5, 5.41) is 15.8. The second kappa shape index (κ2) is 5.49. The molecular weight excluding hydrogens is 258 g/mol. The van der Waals surface area contributed by atoms with Crippen LogP contribution in [-0.2, 0) is 23.4 Å². The molecule has 0 radical (unpaired) electrons. The second-order valence-corrected chi connectivity index (χ2v) is 6.49. The van der Waals surface area contributed by atoms with Crippen molar-refractivity contribution >= 4 is 15.8 Å². The van der Waals surface area contributed by atoms with Crippen molar-refractivity contribution in [3.8, 4) is 0 Å². The molecule has 0 spiro atoms. The molecule has 2 N–H and O–H groups in total. The van der Waals surface area contributed by atoms with Crippen molar-refractivity contribution in [1.29, 1.82) is 0 Å². The predicted molar refractivity (Wildman–Crippen MR) is 66.2 cm³/mol. The molecule has 0 aliphatic carbocycles. The number of carbonyl (C=O) groups is 1. The minimum atomic E-state index is -3.05. The van der Waals surface area contributed by atoms with Crippen molar-refractivity contribution in [2.24, 2.45) is 7.05 Å². The monoisotopic (exact) mass is 275 g/mol. The molecule has 0 aromatic carbocycles. The molecule has 0 saturated heterocycles. The van der Waals surface area contributed by atoms with Crippen molar-refractivity contribution in [2.45, 2.75) is 19.5 Å². The molecule has 0 fully saturated rings. The van der Waals surface area contributed by atoms with Crippen molar-refractivity contribution in [3.63, 3.8) is 0 Å². The number of aryl methyl sites for hydroxylation is 1. The summed E-state index contributed by atoms with van der Waals surface area (Å²) < 4.78 is 23.6. The Bertz CT molecular complexity index is 535. The van der Waals surface area contributed by atoms with Crippen LogP contribution >= 0.6 is 0 Å². The lowest BCUT2D eigenvalue weighted by molar-refractivity contribution is 0.0695. The van der Waals surface area contributed by atoms with E-state index in [0.29, 0.717) is 5.69 Å². The van der Waals surface area contributed by atoms with Crippen LogP contribution in [0.15, 0.2) is 6.20 Å². The predicted octanol–water partition coefficient (Wildman–Crippen LogP) is -0.359. The van der Waals surface area contributed by atoms with Gasteiger partial charge in [-0.3, -0.25) is 4.68 Å². The molecule has 0 aliphatic heterocycles. The number of nitrogens with zero attached hydrogens (tertiary/aromatic N) is 2. The molecule has 1 aromatic rings. The summed E-state index contributed by atoms with van der Waals surface area (Å²) in [6, 6.07) is -0.253. The highest BCUT2D eigenvalue weighted by Crippen LogP contribution is 2.07. The Morgan fingerprint density at radius 2 is 2.22 bits per heavy atom. The summed E-state index contributed by atoms with van der Waals surface area (Å²) >= 11 is 0. The van der Waals surface area contributed by atoms with Crippen LogP contribution in [0.3, 0.4) is 0 Å². The lowest BCUT2D eigenvalue weighted by atomic mass is 10.2. The smallest absolute Gasteiger partial charge is 0.339 e. The van der Waals surface area contributed by atoms with E-state index in [1.54, 1.807) is 14.0 Å². The fourth-order valence-corrected chi connectivity index (χ4v) is 2.66. The first kappa shape index (κ1) is 14.7. The molecule has 102 valence electrons. The largest absolute Gasteiger partial charge is 0.478 e. The van der Waals surface area contributed by atoms with Crippen LogP contribution < -0.4 is 5.32 Å². The maximum Gasteiger partial charge on any atom is 0.339 e. The minimum absolute atomic E-state index is 0.00720. The fourth-order valence-electron chi connectivity index (χ4n) is 1.64. The molecule has 0 amide bonds. The number of carboxylic acids is 1. The van der Waals surface area contributed by atoms with E-state index in [2.05, 4.69) is 10.4 Å². The third-order valence-corrected chi connectivity index (χ3v) is 3.57. The Morgan fingerprint density at radius 1 is 1.61 bits per heavy atom. The van der Waals surface area contributed by atoms with E-state index in [-0.39, 0.29) is 23.9 Å². The first-order valence-corrected chi connectivity index (χ1v) is 7.42. The van der Waals surface area contributed by atoms with Crippen LogP contribution in [0.1, 0.15) is 23.0 Å². The molecule has 18 heavy (non-hydrogen) atoms. The number of hydrogen-bond donors (Lipinski definition) is 2. The standard InChI is InChI=1S/C10H17N3O4S/c1-7(6-18(3,16)17)11-5-9-8(10(14)15)4-12-13(9)2/h4,7,11H,5-6H2,1-3H3,(H,14,15). The summed E-state index contributed by atoms with van der Waals surface area (Å²) in [6.07, 6.45) is 2.44. The Balaban J connectivity index is 2.69. The molecule has 1 unspecified atom stereocenters. The van der Waals surface area contributed by atoms with Gasteiger partial charge in [-0.2, -0.15) is 5.10 Å². The zero-order chi connectivity index (χ0) is 13.9. The van der Waals surface area contributed by atoms with E-state index in [1.807, 2.05) is 0 Å². The summed E-state index contributed by atoms with van der Waals surface area (Å²) in [5.41, 5.74) is 0.638. The highest BCUT2D eigenvalue weighted by atomic mass is 32.2. The van der Waals surface area contributed by atoms with E-state index in [0.717, 1.165) is 6.26 Å². The Morgan fingerprint density at radius 3 is 2.72 bits per heavy atom. The van der Waals surface area contributed by atoms with Gasteiger partial charge in [0, 0.05) is 25.9 Å². The van der Waals surface area contributed by atoms with E-state index < -0.39 is 15.8 Å². The van der Waals surface area contributed by atoms with E-state index in [1.165, 1.54) is 10.9 Å². The van der Waals surface area contributed by atoms with Gasteiger partial charge in [-0.15, -0.1) is 0 Å². The highest BCUT2D eigenvalue weighted by Gasteiger charge is 2.16.